The predicted molar refractivity (Wildman–Crippen MR) is 164 cm³/mol. The van der Waals surface area contributed by atoms with E-state index in [-0.39, 0.29) is 23.2 Å². The molecule has 6 aromatic rings. The first kappa shape index (κ1) is 28.8. The molecule has 1 N–H and O–H groups in total. The summed E-state index contributed by atoms with van der Waals surface area (Å²) in [6.07, 6.45) is 2.98. The van der Waals surface area contributed by atoms with Gasteiger partial charge in [-0.3, -0.25) is 4.79 Å². The van der Waals surface area contributed by atoms with E-state index in [1.165, 1.54) is 35.6 Å². The zero-order chi connectivity index (χ0) is 31.0. The number of aromatic nitrogens is 2. The molecule has 0 atom stereocenters. The van der Waals surface area contributed by atoms with E-state index in [0.717, 1.165) is 0 Å². The zero-order valence-electron chi connectivity index (χ0n) is 24.0. The summed E-state index contributed by atoms with van der Waals surface area (Å²) < 4.78 is 55.1. The summed E-state index contributed by atoms with van der Waals surface area (Å²) in [5, 5.41) is 4.69. The summed E-state index contributed by atoms with van der Waals surface area (Å²) in [4.78, 5) is 19.5. The first-order valence-corrected chi connectivity index (χ1v) is 15.1. The summed E-state index contributed by atoms with van der Waals surface area (Å²) in [7, 11) is -2.48. The molecule has 44 heavy (non-hydrogen) atoms. The molecule has 222 valence electrons. The number of nitrogens with one attached hydrogen (secondary N) is 1. The van der Waals surface area contributed by atoms with Crippen LogP contribution in [0.2, 0.25) is 0 Å². The van der Waals surface area contributed by atoms with Gasteiger partial charge < -0.3 is 13.8 Å². The van der Waals surface area contributed by atoms with Crippen LogP contribution in [0.1, 0.15) is 27.2 Å². The third-order valence-corrected chi connectivity index (χ3v) is 8.88. The lowest BCUT2D eigenvalue weighted by molar-refractivity contribution is 0.0787. The van der Waals surface area contributed by atoms with Crippen LogP contribution in [-0.4, -0.2) is 36.4 Å². The Kier molecular flexibility index (Phi) is 7.48. The molecule has 0 bridgehead atoms. The van der Waals surface area contributed by atoms with Gasteiger partial charge in [0.1, 0.15) is 12.1 Å². The molecule has 0 aliphatic heterocycles. The van der Waals surface area contributed by atoms with E-state index >= 15 is 0 Å². The number of carbonyl (C=O) groups excluding carboxylic acids is 1. The number of rotatable bonds is 8. The van der Waals surface area contributed by atoms with E-state index in [1.807, 2.05) is 6.07 Å². The number of halogens is 1. The average Bonchev–Trinajstić information content (AvgIpc) is 3.68. The number of nitrogens with zero attached hydrogens (tertiary/aromatic N) is 3. The standard InChI is InChI=1S/C33H27FN4O5S/c1-20-21(2)36-43-31(20)37-44(40,41)30-11-7-6-10-27(30)24-13-12-22(32-35-16-17-42-32)18-23(24)19-38(3)33(39)28-14-15-29(34)26-9-5-4-8-25(26)28/h4-18,37H,19H2,1-3H3. The van der Waals surface area contributed by atoms with Gasteiger partial charge in [-0.1, -0.05) is 53.7 Å². The number of hydrogen-bond donors (Lipinski definition) is 1. The van der Waals surface area contributed by atoms with Gasteiger partial charge in [-0.05, 0) is 60.7 Å². The van der Waals surface area contributed by atoms with Crippen molar-refractivity contribution in [3.63, 3.8) is 0 Å². The fourth-order valence-corrected chi connectivity index (χ4v) is 6.35. The molecule has 0 spiro atoms. The van der Waals surface area contributed by atoms with Crippen molar-refractivity contribution in [2.75, 3.05) is 11.8 Å². The number of aryl methyl sites for hydroxylation is 1. The topological polar surface area (TPSA) is 119 Å². The van der Waals surface area contributed by atoms with Crippen molar-refractivity contribution in [3.8, 4) is 22.6 Å². The molecular weight excluding hydrogens is 583 g/mol. The minimum absolute atomic E-state index is 0.0112. The average molecular weight is 611 g/mol. The lowest BCUT2D eigenvalue weighted by Gasteiger charge is -2.22. The molecule has 0 saturated carbocycles. The van der Waals surface area contributed by atoms with E-state index in [2.05, 4.69) is 14.9 Å². The lowest BCUT2D eigenvalue weighted by Crippen LogP contribution is -2.27. The number of fused-ring (bicyclic) bond motifs is 1. The number of benzene rings is 4. The minimum atomic E-state index is -4.12. The number of hydrogen-bond acceptors (Lipinski definition) is 7. The highest BCUT2D eigenvalue weighted by atomic mass is 32.2. The van der Waals surface area contributed by atoms with Crippen LogP contribution in [0, 0.1) is 19.7 Å². The Labute approximate surface area is 253 Å². The van der Waals surface area contributed by atoms with Crippen molar-refractivity contribution in [3.05, 3.63) is 120 Å². The minimum Gasteiger partial charge on any atom is -0.445 e. The monoisotopic (exact) mass is 610 g/mol. The van der Waals surface area contributed by atoms with Gasteiger partial charge in [0.2, 0.25) is 11.8 Å². The molecule has 11 heteroatoms. The maximum atomic E-state index is 14.5. The zero-order valence-corrected chi connectivity index (χ0v) is 24.9. The van der Waals surface area contributed by atoms with Crippen LogP contribution >= 0.6 is 0 Å². The van der Waals surface area contributed by atoms with E-state index in [9.17, 15) is 17.6 Å². The molecule has 6 rings (SSSR count). The number of oxazole rings is 1. The Bertz CT molecular complexity index is 2120. The van der Waals surface area contributed by atoms with Gasteiger partial charge in [-0.2, -0.15) is 0 Å². The largest absolute Gasteiger partial charge is 0.445 e. The lowest BCUT2D eigenvalue weighted by atomic mass is 9.96. The fourth-order valence-electron chi connectivity index (χ4n) is 5.08. The molecule has 0 aliphatic carbocycles. The first-order chi connectivity index (χ1) is 21.1. The second kappa shape index (κ2) is 11.4. The third-order valence-electron chi connectivity index (χ3n) is 7.49. The van der Waals surface area contributed by atoms with Crippen LogP contribution in [0.5, 0.6) is 0 Å². The summed E-state index contributed by atoms with van der Waals surface area (Å²) in [6.45, 7) is 3.53. The molecular formula is C33H27FN4O5S. The van der Waals surface area contributed by atoms with Gasteiger partial charge >= 0.3 is 0 Å². The van der Waals surface area contributed by atoms with Crippen LogP contribution in [0.4, 0.5) is 10.3 Å². The maximum Gasteiger partial charge on any atom is 0.264 e. The third kappa shape index (κ3) is 5.33. The van der Waals surface area contributed by atoms with Crippen LogP contribution in [0.3, 0.4) is 0 Å². The first-order valence-electron chi connectivity index (χ1n) is 13.6. The maximum absolute atomic E-state index is 14.5. The van der Waals surface area contributed by atoms with E-state index in [1.54, 1.807) is 75.5 Å². The Morgan fingerprint density at radius 1 is 0.955 bits per heavy atom. The van der Waals surface area contributed by atoms with E-state index < -0.39 is 15.8 Å². The summed E-state index contributed by atoms with van der Waals surface area (Å²) in [5.74, 6) is -0.334. The number of carbonyl (C=O) groups is 1. The van der Waals surface area contributed by atoms with Gasteiger partial charge in [0.25, 0.3) is 15.9 Å². The molecule has 0 fully saturated rings. The van der Waals surface area contributed by atoms with E-state index in [0.29, 0.717) is 55.7 Å². The molecule has 4 aromatic carbocycles. The van der Waals surface area contributed by atoms with Crippen molar-refractivity contribution < 1.29 is 26.5 Å². The molecule has 2 aromatic heterocycles. The molecule has 2 heterocycles. The van der Waals surface area contributed by atoms with Gasteiger partial charge in [0.15, 0.2) is 0 Å². The van der Waals surface area contributed by atoms with Gasteiger partial charge in [-0.25, -0.2) is 22.5 Å². The van der Waals surface area contributed by atoms with Gasteiger partial charge in [0.05, 0.1) is 16.8 Å². The normalized spacial score (nSPS) is 11.5. The molecule has 0 aliphatic rings. The van der Waals surface area contributed by atoms with Crippen molar-refractivity contribution in [1.82, 2.24) is 15.0 Å². The van der Waals surface area contributed by atoms with Crippen LogP contribution in [-0.2, 0) is 16.6 Å². The summed E-state index contributed by atoms with van der Waals surface area (Å²) in [6, 6.07) is 21.5. The van der Waals surface area contributed by atoms with Crippen molar-refractivity contribution >= 4 is 32.6 Å². The SMILES string of the molecule is Cc1noc(NS(=O)(=O)c2ccccc2-c2ccc(-c3ncco3)cc2CN(C)C(=O)c2ccc(F)c3ccccc23)c1C. The highest BCUT2D eigenvalue weighted by Crippen LogP contribution is 2.35. The second-order valence-electron chi connectivity index (χ2n) is 10.3. The van der Waals surface area contributed by atoms with Crippen molar-refractivity contribution in [2.45, 2.75) is 25.3 Å². The summed E-state index contributed by atoms with van der Waals surface area (Å²) in [5.41, 5.74) is 3.77. The van der Waals surface area contributed by atoms with Crippen LogP contribution < -0.4 is 4.72 Å². The molecule has 9 nitrogen and oxygen atoms in total. The van der Waals surface area contributed by atoms with Crippen LogP contribution in [0.25, 0.3) is 33.4 Å². The van der Waals surface area contributed by atoms with E-state index in [4.69, 9.17) is 8.94 Å². The molecule has 0 radical (unpaired) electrons. The second-order valence-corrected chi connectivity index (χ2v) is 12.0. The highest BCUT2D eigenvalue weighted by Gasteiger charge is 2.25. The number of amides is 1. The Morgan fingerprint density at radius 3 is 2.43 bits per heavy atom. The predicted octanol–water partition coefficient (Wildman–Crippen LogP) is 6.98. The van der Waals surface area contributed by atoms with Crippen molar-refractivity contribution in [2.24, 2.45) is 0 Å². The highest BCUT2D eigenvalue weighted by molar-refractivity contribution is 7.92. The Morgan fingerprint density at radius 2 is 1.70 bits per heavy atom. The van der Waals surface area contributed by atoms with Crippen LogP contribution in [0.15, 0.2) is 105 Å². The van der Waals surface area contributed by atoms with Crippen molar-refractivity contribution in [1.29, 1.82) is 0 Å². The fraction of sp³-hybridized carbons (Fsp3) is 0.121. The summed E-state index contributed by atoms with van der Waals surface area (Å²) >= 11 is 0. The smallest absolute Gasteiger partial charge is 0.264 e. The Balaban J connectivity index is 1.43. The molecule has 0 unspecified atom stereocenters. The number of anilines is 1. The molecule has 0 saturated heterocycles. The van der Waals surface area contributed by atoms with Gasteiger partial charge in [0, 0.05) is 41.2 Å². The van der Waals surface area contributed by atoms with Gasteiger partial charge in [-0.15, -0.1) is 0 Å². The number of sulfonamides is 1. The molecule has 1 amide bonds. The Hall–Kier alpha value is -5.29. The quantitative estimate of drug-likeness (QED) is 0.198.